The molecule has 0 aliphatic carbocycles. The lowest BCUT2D eigenvalue weighted by Gasteiger charge is -2.37. The Morgan fingerprint density at radius 2 is 1.73 bits per heavy atom. The fourth-order valence-corrected chi connectivity index (χ4v) is 11.8. The molecule has 3 aromatic rings. The Hall–Kier alpha value is -4.03. The van der Waals surface area contributed by atoms with Crippen LogP contribution in [0.3, 0.4) is 0 Å². The Morgan fingerprint density at radius 3 is 2.44 bits per heavy atom. The molecule has 0 unspecified atom stereocenters. The molecule has 1 spiro atoms. The number of aliphatic hydroxyl groups excluding tert-OH is 1. The van der Waals surface area contributed by atoms with Crippen molar-refractivity contribution in [1.82, 2.24) is 4.90 Å². The van der Waals surface area contributed by atoms with Gasteiger partial charge in [-0.25, -0.2) is 0 Å². The molecule has 3 amide bonds. The number of aliphatic hydroxyl groups is 1. The average Bonchev–Trinajstić information content (AvgIpc) is 3.55. The topological polar surface area (TPSA) is 120 Å². The van der Waals surface area contributed by atoms with Crippen LogP contribution in [0.1, 0.15) is 67.7 Å². The number of ether oxygens (including phenoxy) is 2. The van der Waals surface area contributed by atoms with Gasteiger partial charge in [0.15, 0.2) is 13.9 Å². The predicted molar refractivity (Wildman–Crippen MR) is 201 cm³/mol. The summed E-state index contributed by atoms with van der Waals surface area (Å²) in [6.45, 7) is 6.88. The molecule has 2 N–H and O–H groups in total. The Balaban J connectivity index is 1.19. The predicted octanol–water partition coefficient (Wildman–Crippen LogP) is 5.67. The Bertz CT molecular complexity index is 1830. The summed E-state index contributed by atoms with van der Waals surface area (Å²) in [4.78, 5) is 59.2. The highest BCUT2D eigenvalue weighted by Crippen LogP contribution is 2.60. The second-order valence-electron chi connectivity index (χ2n) is 15.5. The Labute approximate surface area is 307 Å². The lowest BCUT2D eigenvalue weighted by atomic mass is 9.82. The van der Waals surface area contributed by atoms with Gasteiger partial charge in [0.2, 0.25) is 11.8 Å². The third-order valence-electron chi connectivity index (χ3n) is 11.9. The SMILES string of the molecule is COc1ccc2c(c1)[C@]1(O[C@@H](CC(=O)N3Cc4ccccc4C[C@H]3CO)[C@H]([Si](C)(C)O)[C@H]1C)C(=O)N2Cc1ccc(N2CCCCCCC2=O)cc1. The minimum atomic E-state index is -3.03. The van der Waals surface area contributed by atoms with E-state index in [1.807, 2.05) is 91.6 Å². The molecule has 10 nitrogen and oxygen atoms in total. The fourth-order valence-electron chi connectivity index (χ4n) is 9.27. The number of rotatable bonds is 8. The first kappa shape index (κ1) is 36.3. The zero-order chi connectivity index (χ0) is 36.8. The van der Waals surface area contributed by atoms with Crippen molar-refractivity contribution in [2.24, 2.45) is 5.92 Å². The molecule has 5 atom stereocenters. The van der Waals surface area contributed by atoms with E-state index in [-0.39, 0.29) is 43.3 Å². The van der Waals surface area contributed by atoms with E-state index in [0.29, 0.717) is 42.9 Å². The molecule has 4 heterocycles. The minimum absolute atomic E-state index is 0.0182. The van der Waals surface area contributed by atoms with Gasteiger partial charge in [-0.2, -0.15) is 0 Å². The molecule has 3 aromatic carbocycles. The van der Waals surface area contributed by atoms with Crippen LogP contribution in [0, 0.1) is 5.92 Å². The van der Waals surface area contributed by atoms with Gasteiger partial charge in [0.25, 0.3) is 5.91 Å². The van der Waals surface area contributed by atoms with E-state index in [1.54, 1.807) is 16.9 Å². The highest BCUT2D eigenvalue weighted by Gasteiger charge is 2.66. The van der Waals surface area contributed by atoms with E-state index in [9.17, 15) is 24.3 Å². The van der Waals surface area contributed by atoms with E-state index in [4.69, 9.17) is 9.47 Å². The highest BCUT2D eigenvalue weighted by atomic mass is 28.4. The van der Waals surface area contributed by atoms with E-state index in [2.05, 4.69) is 0 Å². The molecule has 4 aliphatic rings. The molecule has 4 aliphatic heterocycles. The van der Waals surface area contributed by atoms with Gasteiger partial charge in [-0.15, -0.1) is 0 Å². The van der Waals surface area contributed by atoms with Crippen LogP contribution < -0.4 is 14.5 Å². The molecule has 2 fully saturated rings. The fraction of sp³-hybridized carbons (Fsp3) is 0.488. The number of benzene rings is 3. The summed E-state index contributed by atoms with van der Waals surface area (Å²) in [6, 6.07) is 21.1. The van der Waals surface area contributed by atoms with Crippen molar-refractivity contribution in [3.8, 4) is 5.75 Å². The van der Waals surface area contributed by atoms with Gasteiger partial charge in [0, 0.05) is 42.2 Å². The number of hydrogen-bond donors (Lipinski definition) is 2. The van der Waals surface area contributed by atoms with Gasteiger partial charge in [-0.3, -0.25) is 14.4 Å². The van der Waals surface area contributed by atoms with Crippen LogP contribution in [0.25, 0.3) is 0 Å². The summed E-state index contributed by atoms with van der Waals surface area (Å²) in [6.07, 6.45) is 4.48. The van der Waals surface area contributed by atoms with Crippen LogP contribution in [0.5, 0.6) is 5.75 Å². The number of fused-ring (bicyclic) bond motifs is 3. The second kappa shape index (κ2) is 14.4. The maximum atomic E-state index is 15.0. The number of nitrogens with zero attached hydrogens (tertiary/aromatic N) is 3. The van der Waals surface area contributed by atoms with E-state index < -0.39 is 31.5 Å². The van der Waals surface area contributed by atoms with Crippen molar-refractivity contribution in [3.63, 3.8) is 0 Å². The summed E-state index contributed by atoms with van der Waals surface area (Å²) in [7, 11) is -1.44. The molecule has 276 valence electrons. The molecule has 0 aromatic heterocycles. The first-order valence-electron chi connectivity index (χ1n) is 18.7. The van der Waals surface area contributed by atoms with Crippen LogP contribution >= 0.6 is 0 Å². The van der Waals surface area contributed by atoms with Gasteiger partial charge >= 0.3 is 0 Å². The van der Waals surface area contributed by atoms with Crippen LogP contribution in [0.2, 0.25) is 18.6 Å². The average molecular weight is 726 g/mol. The molecule has 0 saturated carbocycles. The van der Waals surface area contributed by atoms with Crippen LogP contribution in [-0.4, -0.2) is 73.2 Å². The zero-order valence-electron chi connectivity index (χ0n) is 30.7. The molecular formula is C41H51N3O7Si. The van der Waals surface area contributed by atoms with Crippen LogP contribution in [0.4, 0.5) is 11.4 Å². The Morgan fingerprint density at radius 1 is 1.00 bits per heavy atom. The van der Waals surface area contributed by atoms with Gasteiger partial charge < -0.3 is 34.1 Å². The number of methoxy groups -OCH3 is 1. The number of anilines is 2. The normalized spacial score (nSPS) is 26.3. The van der Waals surface area contributed by atoms with Crippen molar-refractivity contribution < 1.29 is 33.8 Å². The van der Waals surface area contributed by atoms with Crippen molar-refractivity contribution in [3.05, 3.63) is 89.0 Å². The standard InChI is InChI=1S/C41H51N3O7Si/c1-27-39(52(3,4)49)36(23-38(47)43-25-30-12-9-8-11-29(30)21-32(43)26-45)51-41(27)34-22-33(50-2)18-19-35(34)44(40(41)48)24-28-14-16-31(17-15-28)42-20-10-6-5-7-13-37(42)46/h8-9,11-12,14-19,22,27,32,36,39,45,49H,5-7,10,13,20-21,23-26H2,1-4H3/t27-,32+,36+,39-,41+/m1/s1. The summed E-state index contributed by atoms with van der Waals surface area (Å²) in [5, 5.41) is 10.3. The summed E-state index contributed by atoms with van der Waals surface area (Å²) in [5.41, 5.74) is 3.45. The molecule has 0 bridgehead atoms. The van der Waals surface area contributed by atoms with Crippen molar-refractivity contribution in [1.29, 1.82) is 0 Å². The second-order valence-corrected chi connectivity index (χ2v) is 19.5. The molecule has 0 radical (unpaired) electrons. The van der Waals surface area contributed by atoms with Gasteiger partial charge in [0.05, 0.1) is 44.5 Å². The molecular weight excluding hydrogens is 675 g/mol. The molecule has 7 rings (SSSR count). The molecule has 52 heavy (non-hydrogen) atoms. The maximum absolute atomic E-state index is 15.0. The number of hydrogen-bond acceptors (Lipinski definition) is 7. The van der Waals surface area contributed by atoms with E-state index >= 15 is 0 Å². The van der Waals surface area contributed by atoms with Crippen LogP contribution in [-0.2, 0) is 44.2 Å². The lowest BCUT2D eigenvalue weighted by molar-refractivity contribution is -0.151. The maximum Gasteiger partial charge on any atom is 0.264 e. The summed E-state index contributed by atoms with van der Waals surface area (Å²) in [5.74, 6) is -0.117. The number of carbonyl (C=O) groups excluding carboxylic acids is 3. The zero-order valence-corrected chi connectivity index (χ0v) is 31.7. The van der Waals surface area contributed by atoms with E-state index in [1.165, 1.54) is 0 Å². The van der Waals surface area contributed by atoms with Crippen molar-refractivity contribution in [2.75, 3.05) is 30.1 Å². The summed E-state index contributed by atoms with van der Waals surface area (Å²) >= 11 is 0. The lowest BCUT2D eigenvalue weighted by Crippen LogP contribution is -2.48. The summed E-state index contributed by atoms with van der Waals surface area (Å²) < 4.78 is 12.6. The van der Waals surface area contributed by atoms with Gasteiger partial charge in [-0.05, 0) is 79.4 Å². The Kier molecular flexibility index (Phi) is 10.1. The monoisotopic (exact) mass is 725 g/mol. The molecule has 2 saturated heterocycles. The first-order valence-corrected chi connectivity index (χ1v) is 21.8. The number of amides is 3. The smallest absolute Gasteiger partial charge is 0.264 e. The van der Waals surface area contributed by atoms with Crippen LogP contribution in [0.15, 0.2) is 66.7 Å². The molecule has 11 heteroatoms. The third-order valence-corrected chi connectivity index (χ3v) is 14.4. The third kappa shape index (κ3) is 6.46. The van der Waals surface area contributed by atoms with E-state index in [0.717, 1.165) is 48.1 Å². The highest BCUT2D eigenvalue weighted by molar-refractivity contribution is 6.71. The number of carbonyl (C=O) groups is 3. The first-order chi connectivity index (χ1) is 25.0. The minimum Gasteiger partial charge on any atom is -0.497 e. The largest absolute Gasteiger partial charge is 0.497 e. The van der Waals surface area contributed by atoms with Gasteiger partial charge in [0.1, 0.15) is 5.75 Å². The van der Waals surface area contributed by atoms with Crippen molar-refractivity contribution >= 4 is 37.4 Å². The quantitative estimate of drug-likeness (QED) is 0.287. The van der Waals surface area contributed by atoms with Gasteiger partial charge in [-0.1, -0.05) is 56.2 Å². The van der Waals surface area contributed by atoms with Crippen molar-refractivity contribution in [2.45, 2.75) is 101 Å².